The zero-order valence-corrected chi connectivity index (χ0v) is 26.3. The van der Waals surface area contributed by atoms with Crippen LogP contribution in [0.5, 0.6) is 0 Å². The summed E-state index contributed by atoms with van der Waals surface area (Å²) >= 11 is 0. The molecule has 5 rings (SSSR count). The Hall–Kier alpha value is -3.61. The molecule has 0 radical (unpaired) electrons. The lowest BCUT2D eigenvalue weighted by Crippen LogP contribution is -2.42. The molecule has 1 aliphatic heterocycles. The molecule has 1 amide bonds. The number of hydrogen-bond acceptors (Lipinski definition) is 7. The highest BCUT2D eigenvalue weighted by Crippen LogP contribution is 2.36. The quantitative estimate of drug-likeness (QED) is 0.234. The number of carbonyl (C=O) groups excluding carboxylic acids is 1. The lowest BCUT2D eigenvalue weighted by molar-refractivity contribution is -0.161. The fraction of sp³-hybridized carbons (Fsp3) is 0.515. The van der Waals surface area contributed by atoms with Gasteiger partial charge in [-0.25, -0.2) is 5.84 Å². The molecule has 2 fully saturated rings. The number of nitrogens with zero attached hydrogens (tertiary/aromatic N) is 4. The summed E-state index contributed by atoms with van der Waals surface area (Å²) in [5, 5.41) is 11.8. The van der Waals surface area contributed by atoms with Gasteiger partial charge in [-0.1, -0.05) is 12.1 Å². The lowest BCUT2D eigenvalue weighted by atomic mass is 9.89. The number of hydrazine groups is 1. The predicted molar refractivity (Wildman–Crippen MR) is 171 cm³/mol. The van der Waals surface area contributed by atoms with E-state index >= 15 is 0 Å². The van der Waals surface area contributed by atoms with E-state index < -0.39 is 18.0 Å². The van der Waals surface area contributed by atoms with E-state index in [0.29, 0.717) is 29.5 Å². The van der Waals surface area contributed by atoms with Crippen LogP contribution in [0.4, 0.5) is 18.9 Å². The van der Waals surface area contributed by atoms with Gasteiger partial charge in [-0.2, -0.15) is 18.3 Å². The second-order valence-electron chi connectivity index (χ2n) is 12.6. The van der Waals surface area contributed by atoms with Crippen LogP contribution in [-0.4, -0.2) is 58.5 Å². The van der Waals surface area contributed by atoms with E-state index in [-0.39, 0.29) is 23.7 Å². The molecule has 12 heteroatoms. The van der Waals surface area contributed by atoms with Gasteiger partial charge in [0, 0.05) is 60.8 Å². The van der Waals surface area contributed by atoms with E-state index in [4.69, 9.17) is 11.6 Å². The first-order valence-electron chi connectivity index (χ1n) is 15.8. The molecule has 1 atom stereocenters. The molecule has 1 aromatic heterocycles. The van der Waals surface area contributed by atoms with Crippen molar-refractivity contribution in [2.24, 2.45) is 24.5 Å². The molecule has 2 heterocycles. The van der Waals surface area contributed by atoms with E-state index in [2.05, 4.69) is 20.6 Å². The number of aryl methyl sites for hydroxylation is 2. The topological polar surface area (TPSA) is 117 Å². The fourth-order valence-corrected chi connectivity index (χ4v) is 6.62. The standard InChI is InChI=1S/C33H45F3N8O/c1-21-6-7-24(16-31(21)44(38)20-30(37)29-19-40-42(3)22(29)2)32(45)41-27-15-23(14-25(17-27)33(34,35)36)18-39-26-8-10-28(11-9-26)43-12-4-5-13-43/h6-7,14-16,19-20,25-26,28,39H,4-5,8-13,17-18,37-38H2,1-3H3,(H,41,45)/b30-20-. The number of rotatable bonds is 9. The summed E-state index contributed by atoms with van der Waals surface area (Å²) in [5.74, 6) is 4.15. The van der Waals surface area contributed by atoms with E-state index in [1.54, 1.807) is 41.4 Å². The minimum Gasteiger partial charge on any atom is -0.397 e. The Morgan fingerprint density at radius 1 is 1.16 bits per heavy atom. The Bertz CT molecular complexity index is 1460. The average molecular weight is 627 g/mol. The number of aromatic nitrogens is 2. The second kappa shape index (κ2) is 13.8. The van der Waals surface area contributed by atoms with Gasteiger partial charge in [-0.15, -0.1) is 0 Å². The number of allylic oxidation sites excluding steroid dienone is 2. The molecule has 9 nitrogen and oxygen atoms in total. The molecule has 1 unspecified atom stereocenters. The number of alkyl halides is 3. The third-order valence-corrected chi connectivity index (χ3v) is 9.43. The van der Waals surface area contributed by atoms with Crippen LogP contribution in [0.1, 0.15) is 72.1 Å². The van der Waals surface area contributed by atoms with Gasteiger partial charge in [0.05, 0.1) is 23.5 Å². The van der Waals surface area contributed by atoms with Gasteiger partial charge in [0.15, 0.2) is 0 Å². The Balaban J connectivity index is 1.24. The zero-order valence-electron chi connectivity index (χ0n) is 26.3. The highest BCUT2D eigenvalue weighted by molar-refractivity contribution is 5.96. The van der Waals surface area contributed by atoms with Crippen LogP contribution in [-0.2, 0) is 7.05 Å². The maximum atomic E-state index is 13.9. The predicted octanol–water partition coefficient (Wildman–Crippen LogP) is 4.79. The van der Waals surface area contributed by atoms with Crippen LogP contribution in [0.15, 0.2) is 54.0 Å². The van der Waals surface area contributed by atoms with Crippen LogP contribution >= 0.6 is 0 Å². The molecule has 1 aromatic carbocycles. The number of nitrogens with one attached hydrogen (secondary N) is 2. The van der Waals surface area contributed by atoms with Crippen molar-refractivity contribution in [3.05, 3.63) is 76.4 Å². The van der Waals surface area contributed by atoms with Gasteiger partial charge < -0.3 is 21.3 Å². The highest BCUT2D eigenvalue weighted by atomic mass is 19.4. The van der Waals surface area contributed by atoms with Gasteiger partial charge in [0.25, 0.3) is 5.91 Å². The average Bonchev–Trinajstić information content (AvgIpc) is 3.66. The normalized spacial score (nSPS) is 23.1. The van der Waals surface area contributed by atoms with Crippen molar-refractivity contribution in [2.45, 2.75) is 77.1 Å². The zero-order chi connectivity index (χ0) is 32.3. The van der Waals surface area contributed by atoms with Crippen molar-refractivity contribution in [3.63, 3.8) is 0 Å². The van der Waals surface area contributed by atoms with E-state index in [1.807, 2.05) is 20.9 Å². The number of anilines is 1. The van der Waals surface area contributed by atoms with E-state index in [1.165, 1.54) is 37.0 Å². The minimum atomic E-state index is -4.42. The Kier molecular flexibility index (Phi) is 10.0. The Labute approximate surface area is 263 Å². The molecule has 45 heavy (non-hydrogen) atoms. The van der Waals surface area contributed by atoms with Gasteiger partial charge in [-0.05, 0) is 94.8 Å². The molecular weight excluding hydrogens is 581 g/mol. The molecule has 3 aliphatic rings. The summed E-state index contributed by atoms with van der Waals surface area (Å²) in [5.41, 5.74) is 10.6. The van der Waals surface area contributed by atoms with Crippen molar-refractivity contribution in [1.82, 2.24) is 25.3 Å². The monoisotopic (exact) mass is 626 g/mol. The van der Waals surface area contributed by atoms with Gasteiger partial charge in [-0.3, -0.25) is 14.5 Å². The molecule has 1 saturated heterocycles. The largest absolute Gasteiger partial charge is 0.397 e. The minimum absolute atomic E-state index is 0.238. The summed E-state index contributed by atoms with van der Waals surface area (Å²) in [6, 6.07) is 5.87. The van der Waals surface area contributed by atoms with E-state index in [9.17, 15) is 18.0 Å². The van der Waals surface area contributed by atoms with Crippen LogP contribution in [0.2, 0.25) is 0 Å². The Morgan fingerprint density at radius 2 is 1.87 bits per heavy atom. The number of halogens is 3. The molecule has 2 aliphatic carbocycles. The maximum Gasteiger partial charge on any atom is 0.395 e. The molecule has 244 valence electrons. The number of likely N-dealkylation sites (tertiary alicyclic amines) is 1. The van der Waals surface area contributed by atoms with Crippen LogP contribution in [0, 0.1) is 19.8 Å². The number of carbonyl (C=O) groups is 1. The second-order valence-corrected chi connectivity index (χ2v) is 12.6. The summed E-state index contributed by atoms with van der Waals surface area (Å²) in [4.78, 5) is 15.9. The third-order valence-electron chi connectivity index (χ3n) is 9.43. The SMILES string of the molecule is Cc1ccc(C(=O)NC2=CC(CNC3CCC(N4CCCC4)CC3)=CC(C(F)(F)F)C2)cc1N(N)/C=C(\N)c1cnn(C)c1C. The smallest absolute Gasteiger partial charge is 0.395 e. The first kappa shape index (κ1) is 32.8. The van der Waals surface area contributed by atoms with Gasteiger partial charge in [0.1, 0.15) is 0 Å². The summed E-state index contributed by atoms with van der Waals surface area (Å²) < 4.78 is 43.5. The van der Waals surface area contributed by atoms with Crippen molar-refractivity contribution in [1.29, 1.82) is 0 Å². The van der Waals surface area contributed by atoms with Crippen LogP contribution in [0.25, 0.3) is 5.70 Å². The maximum absolute atomic E-state index is 13.9. The van der Waals surface area contributed by atoms with Crippen molar-refractivity contribution in [2.75, 3.05) is 24.6 Å². The lowest BCUT2D eigenvalue weighted by Gasteiger charge is -2.35. The number of nitrogens with two attached hydrogens (primary N) is 2. The van der Waals surface area contributed by atoms with Crippen LogP contribution in [0.3, 0.4) is 0 Å². The summed E-state index contributed by atoms with van der Waals surface area (Å²) in [6.45, 7) is 6.42. The van der Waals surface area contributed by atoms with Crippen LogP contribution < -0.4 is 27.2 Å². The highest BCUT2D eigenvalue weighted by Gasteiger charge is 2.40. The number of hydrogen-bond donors (Lipinski definition) is 4. The third kappa shape index (κ3) is 7.98. The fourth-order valence-electron chi connectivity index (χ4n) is 6.62. The number of amides is 1. The first-order chi connectivity index (χ1) is 21.4. The molecule has 1 saturated carbocycles. The summed E-state index contributed by atoms with van der Waals surface area (Å²) in [6.07, 6.45) is 8.22. The molecular formula is C33H45F3N8O. The van der Waals surface area contributed by atoms with E-state index in [0.717, 1.165) is 42.5 Å². The molecule has 0 spiro atoms. The first-order valence-corrected chi connectivity index (χ1v) is 15.8. The van der Waals surface area contributed by atoms with Crippen molar-refractivity contribution >= 4 is 17.3 Å². The van der Waals surface area contributed by atoms with Crippen molar-refractivity contribution in [3.8, 4) is 0 Å². The summed E-state index contributed by atoms with van der Waals surface area (Å²) in [7, 11) is 1.81. The molecule has 6 N–H and O–H groups in total. The van der Waals surface area contributed by atoms with Gasteiger partial charge in [0.2, 0.25) is 0 Å². The van der Waals surface area contributed by atoms with Gasteiger partial charge >= 0.3 is 6.18 Å². The molecule has 2 aromatic rings. The number of benzene rings is 1. The molecule has 0 bridgehead atoms. The Morgan fingerprint density at radius 3 is 2.51 bits per heavy atom. The van der Waals surface area contributed by atoms with Crippen molar-refractivity contribution < 1.29 is 18.0 Å².